The standard InChI is InChI=1S/C11H18N2O/c1-4-6-7-8-13-10(14)11(3,5-2)9-12/h4,6H,5,7-8H2,1-3H3,(H,13,14)/b6-4+. The van der Waals surface area contributed by atoms with E-state index in [2.05, 4.69) is 5.32 Å². The van der Waals surface area contributed by atoms with Gasteiger partial charge in [0.15, 0.2) is 0 Å². The Hall–Kier alpha value is -1.30. The molecule has 0 aliphatic heterocycles. The van der Waals surface area contributed by atoms with E-state index in [-0.39, 0.29) is 5.91 Å². The molecule has 78 valence electrons. The fraction of sp³-hybridized carbons (Fsp3) is 0.636. The van der Waals surface area contributed by atoms with Crippen LogP contribution in [-0.2, 0) is 4.79 Å². The van der Waals surface area contributed by atoms with Gasteiger partial charge in [-0.15, -0.1) is 0 Å². The van der Waals surface area contributed by atoms with Gasteiger partial charge in [-0.2, -0.15) is 5.26 Å². The third-order valence-electron chi connectivity index (χ3n) is 2.29. The molecule has 0 aromatic rings. The van der Waals surface area contributed by atoms with E-state index in [9.17, 15) is 4.79 Å². The van der Waals surface area contributed by atoms with Gasteiger partial charge in [-0.1, -0.05) is 19.1 Å². The van der Waals surface area contributed by atoms with Gasteiger partial charge in [0, 0.05) is 6.54 Å². The van der Waals surface area contributed by atoms with Crippen molar-refractivity contribution in [1.29, 1.82) is 5.26 Å². The molecule has 1 atom stereocenters. The van der Waals surface area contributed by atoms with Crippen molar-refractivity contribution in [3.8, 4) is 6.07 Å². The summed E-state index contributed by atoms with van der Waals surface area (Å²) in [4.78, 5) is 11.5. The summed E-state index contributed by atoms with van der Waals surface area (Å²) in [5.74, 6) is -0.174. The van der Waals surface area contributed by atoms with E-state index in [1.807, 2.05) is 32.1 Å². The Kier molecular flexibility index (Phi) is 5.62. The smallest absolute Gasteiger partial charge is 0.240 e. The van der Waals surface area contributed by atoms with Gasteiger partial charge in [-0.05, 0) is 26.7 Å². The number of carbonyl (C=O) groups excluding carboxylic acids is 1. The van der Waals surface area contributed by atoms with Crippen LogP contribution in [0, 0.1) is 16.7 Å². The minimum absolute atomic E-state index is 0.174. The van der Waals surface area contributed by atoms with Crippen molar-refractivity contribution in [1.82, 2.24) is 5.32 Å². The molecule has 0 rings (SSSR count). The molecule has 14 heavy (non-hydrogen) atoms. The van der Waals surface area contributed by atoms with Crippen molar-refractivity contribution in [2.75, 3.05) is 6.54 Å². The Bertz CT molecular complexity index is 253. The molecule has 1 amide bonds. The first-order valence-corrected chi connectivity index (χ1v) is 4.91. The summed E-state index contributed by atoms with van der Waals surface area (Å²) < 4.78 is 0. The number of hydrogen-bond acceptors (Lipinski definition) is 2. The van der Waals surface area contributed by atoms with Crippen LogP contribution in [0.5, 0.6) is 0 Å². The molecule has 1 unspecified atom stereocenters. The van der Waals surface area contributed by atoms with E-state index in [1.165, 1.54) is 0 Å². The van der Waals surface area contributed by atoms with E-state index >= 15 is 0 Å². The van der Waals surface area contributed by atoms with Crippen LogP contribution in [0.1, 0.15) is 33.6 Å². The number of carbonyl (C=O) groups is 1. The summed E-state index contributed by atoms with van der Waals surface area (Å²) >= 11 is 0. The molecule has 0 aliphatic carbocycles. The zero-order chi connectivity index (χ0) is 11.0. The number of hydrogen-bond donors (Lipinski definition) is 1. The zero-order valence-electron chi connectivity index (χ0n) is 9.13. The Morgan fingerprint density at radius 3 is 2.71 bits per heavy atom. The van der Waals surface area contributed by atoms with Crippen LogP contribution in [0.4, 0.5) is 0 Å². The van der Waals surface area contributed by atoms with Gasteiger partial charge in [0.1, 0.15) is 5.41 Å². The largest absolute Gasteiger partial charge is 0.354 e. The Balaban J connectivity index is 4.02. The lowest BCUT2D eigenvalue weighted by molar-refractivity contribution is -0.127. The summed E-state index contributed by atoms with van der Waals surface area (Å²) in [6, 6.07) is 2.04. The molecule has 3 heteroatoms. The number of rotatable bonds is 5. The lowest BCUT2D eigenvalue weighted by Gasteiger charge is -2.17. The van der Waals surface area contributed by atoms with Crippen molar-refractivity contribution in [2.45, 2.75) is 33.6 Å². The van der Waals surface area contributed by atoms with Crippen LogP contribution in [0.15, 0.2) is 12.2 Å². The third kappa shape index (κ3) is 3.61. The molecule has 0 heterocycles. The molecule has 0 fully saturated rings. The van der Waals surface area contributed by atoms with Gasteiger partial charge < -0.3 is 5.32 Å². The van der Waals surface area contributed by atoms with Crippen LogP contribution in [0.25, 0.3) is 0 Å². The van der Waals surface area contributed by atoms with Gasteiger partial charge in [0.25, 0.3) is 0 Å². The van der Waals surface area contributed by atoms with E-state index in [0.29, 0.717) is 13.0 Å². The third-order valence-corrected chi connectivity index (χ3v) is 2.29. The fourth-order valence-electron chi connectivity index (χ4n) is 0.921. The minimum atomic E-state index is -0.879. The number of nitrogens with one attached hydrogen (secondary N) is 1. The highest BCUT2D eigenvalue weighted by molar-refractivity contribution is 5.84. The van der Waals surface area contributed by atoms with Gasteiger partial charge >= 0.3 is 0 Å². The summed E-state index contributed by atoms with van der Waals surface area (Å²) in [6.45, 7) is 6.04. The predicted molar refractivity (Wildman–Crippen MR) is 56.5 cm³/mol. The molecule has 0 aromatic heterocycles. The average Bonchev–Trinajstić information content (AvgIpc) is 2.22. The molecule has 0 spiro atoms. The monoisotopic (exact) mass is 194 g/mol. The highest BCUT2D eigenvalue weighted by Crippen LogP contribution is 2.19. The summed E-state index contributed by atoms with van der Waals surface area (Å²) in [5.41, 5.74) is -0.879. The van der Waals surface area contributed by atoms with Crippen molar-refractivity contribution < 1.29 is 4.79 Å². The van der Waals surface area contributed by atoms with Crippen LogP contribution < -0.4 is 5.32 Å². The quantitative estimate of drug-likeness (QED) is 0.537. The van der Waals surface area contributed by atoms with Crippen molar-refractivity contribution in [3.63, 3.8) is 0 Å². The topological polar surface area (TPSA) is 52.9 Å². The second-order valence-electron chi connectivity index (χ2n) is 3.41. The molecule has 0 radical (unpaired) electrons. The Morgan fingerprint density at radius 2 is 2.29 bits per heavy atom. The number of allylic oxidation sites excluding steroid dienone is 1. The molecule has 0 saturated heterocycles. The maximum atomic E-state index is 11.5. The fourth-order valence-corrected chi connectivity index (χ4v) is 0.921. The first kappa shape index (κ1) is 12.7. The Morgan fingerprint density at radius 1 is 1.64 bits per heavy atom. The van der Waals surface area contributed by atoms with E-state index in [1.54, 1.807) is 6.92 Å². The summed E-state index contributed by atoms with van der Waals surface area (Å²) in [7, 11) is 0. The van der Waals surface area contributed by atoms with Crippen molar-refractivity contribution in [3.05, 3.63) is 12.2 Å². The van der Waals surface area contributed by atoms with Crippen LogP contribution in [-0.4, -0.2) is 12.5 Å². The van der Waals surface area contributed by atoms with Crippen molar-refractivity contribution >= 4 is 5.91 Å². The van der Waals surface area contributed by atoms with Gasteiger partial charge in [0.05, 0.1) is 6.07 Å². The average molecular weight is 194 g/mol. The van der Waals surface area contributed by atoms with Gasteiger partial charge in [0.2, 0.25) is 5.91 Å². The van der Waals surface area contributed by atoms with Crippen LogP contribution >= 0.6 is 0 Å². The second-order valence-corrected chi connectivity index (χ2v) is 3.41. The highest BCUT2D eigenvalue weighted by atomic mass is 16.2. The Labute approximate surface area is 85.8 Å². The van der Waals surface area contributed by atoms with E-state index in [4.69, 9.17) is 5.26 Å². The lowest BCUT2D eigenvalue weighted by atomic mass is 9.88. The lowest BCUT2D eigenvalue weighted by Crippen LogP contribution is -2.37. The molecule has 0 bridgehead atoms. The van der Waals surface area contributed by atoms with E-state index in [0.717, 1.165) is 6.42 Å². The molecular formula is C11H18N2O. The molecular weight excluding hydrogens is 176 g/mol. The predicted octanol–water partition coefficient (Wildman–Crippen LogP) is 2.01. The SMILES string of the molecule is C/C=C/CCNC(=O)C(C)(C#N)CC. The van der Waals surface area contributed by atoms with Gasteiger partial charge in [-0.3, -0.25) is 4.79 Å². The van der Waals surface area contributed by atoms with Crippen molar-refractivity contribution in [2.24, 2.45) is 5.41 Å². The van der Waals surface area contributed by atoms with Crippen LogP contribution in [0.3, 0.4) is 0 Å². The maximum absolute atomic E-state index is 11.5. The highest BCUT2D eigenvalue weighted by Gasteiger charge is 2.30. The first-order chi connectivity index (χ1) is 6.60. The molecule has 0 saturated carbocycles. The van der Waals surface area contributed by atoms with Crippen LogP contribution in [0.2, 0.25) is 0 Å². The molecule has 1 N–H and O–H groups in total. The maximum Gasteiger partial charge on any atom is 0.240 e. The van der Waals surface area contributed by atoms with Gasteiger partial charge in [-0.25, -0.2) is 0 Å². The molecule has 3 nitrogen and oxygen atoms in total. The molecule has 0 aliphatic rings. The number of amides is 1. The second kappa shape index (κ2) is 6.20. The normalized spacial score (nSPS) is 14.7. The molecule has 0 aromatic carbocycles. The zero-order valence-corrected chi connectivity index (χ0v) is 9.13. The summed E-state index contributed by atoms with van der Waals surface area (Å²) in [6.07, 6.45) is 5.28. The summed E-state index contributed by atoms with van der Waals surface area (Å²) in [5, 5.41) is 11.6. The minimum Gasteiger partial charge on any atom is -0.354 e. The number of nitriles is 1. The number of nitrogens with zero attached hydrogens (tertiary/aromatic N) is 1. The van der Waals surface area contributed by atoms with E-state index < -0.39 is 5.41 Å². The first-order valence-electron chi connectivity index (χ1n) is 4.91.